The van der Waals surface area contributed by atoms with E-state index in [1.807, 2.05) is 18.2 Å². The van der Waals surface area contributed by atoms with Crippen molar-refractivity contribution in [3.63, 3.8) is 0 Å². The van der Waals surface area contributed by atoms with E-state index in [-0.39, 0.29) is 0 Å². The molecule has 1 N–H and O–H groups in total. The molecule has 0 amide bonds. The Morgan fingerprint density at radius 1 is 1.10 bits per heavy atom. The SMILES string of the molecule is Cc1cn(C2CCC(C)CC2)c(Nc2ccccc2)n1. The molecule has 1 saturated carbocycles. The molecule has 1 aromatic carbocycles. The number of rotatable bonds is 3. The Labute approximate surface area is 121 Å². The zero-order valence-corrected chi connectivity index (χ0v) is 12.3. The lowest BCUT2D eigenvalue weighted by molar-refractivity contribution is 0.291. The molecule has 0 spiro atoms. The number of hydrogen-bond donors (Lipinski definition) is 1. The van der Waals surface area contributed by atoms with Gasteiger partial charge in [-0.25, -0.2) is 4.98 Å². The van der Waals surface area contributed by atoms with Crippen LogP contribution in [0.1, 0.15) is 44.3 Å². The summed E-state index contributed by atoms with van der Waals surface area (Å²) in [4.78, 5) is 4.65. The van der Waals surface area contributed by atoms with Gasteiger partial charge in [0.2, 0.25) is 5.95 Å². The quantitative estimate of drug-likeness (QED) is 0.876. The Kier molecular flexibility index (Phi) is 3.77. The molecule has 0 aliphatic heterocycles. The summed E-state index contributed by atoms with van der Waals surface area (Å²) in [5.74, 6) is 1.86. The van der Waals surface area contributed by atoms with Gasteiger partial charge in [-0.2, -0.15) is 0 Å². The number of benzene rings is 1. The molecular formula is C17H23N3. The number of anilines is 2. The van der Waals surface area contributed by atoms with Crippen molar-refractivity contribution in [2.75, 3.05) is 5.32 Å². The predicted molar refractivity (Wildman–Crippen MR) is 83.4 cm³/mol. The minimum Gasteiger partial charge on any atom is -0.326 e. The van der Waals surface area contributed by atoms with Crippen LogP contribution in [0.4, 0.5) is 11.6 Å². The standard InChI is InChI=1S/C17H23N3/c1-13-8-10-16(11-9-13)20-12-14(2)18-17(20)19-15-6-4-3-5-7-15/h3-7,12-13,16H,8-11H2,1-2H3,(H,18,19). The molecule has 1 aliphatic rings. The van der Waals surface area contributed by atoms with Crippen molar-refractivity contribution in [3.05, 3.63) is 42.2 Å². The summed E-state index contributed by atoms with van der Waals surface area (Å²) in [6, 6.07) is 10.9. The Morgan fingerprint density at radius 3 is 2.50 bits per heavy atom. The van der Waals surface area contributed by atoms with Crippen molar-refractivity contribution in [1.29, 1.82) is 0 Å². The van der Waals surface area contributed by atoms with Gasteiger partial charge in [0.05, 0.1) is 5.69 Å². The van der Waals surface area contributed by atoms with Crippen LogP contribution in [-0.2, 0) is 0 Å². The summed E-state index contributed by atoms with van der Waals surface area (Å²) in [7, 11) is 0. The van der Waals surface area contributed by atoms with Gasteiger partial charge in [0.1, 0.15) is 0 Å². The second-order valence-electron chi connectivity index (χ2n) is 6.02. The maximum Gasteiger partial charge on any atom is 0.207 e. The number of aryl methyl sites for hydroxylation is 1. The van der Waals surface area contributed by atoms with Gasteiger partial charge in [-0.15, -0.1) is 0 Å². The van der Waals surface area contributed by atoms with Crippen LogP contribution in [0.2, 0.25) is 0 Å². The number of nitrogens with zero attached hydrogens (tertiary/aromatic N) is 2. The largest absolute Gasteiger partial charge is 0.326 e. The zero-order valence-electron chi connectivity index (χ0n) is 12.3. The van der Waals surface area contributed by atoms with E-state index in [0.29, 0.717) is 6.04 Å². The van der Waals surface area contributed by atoms with E-state index in [1.54, 1.807) is 0 Å². The Morgan fingerprint density at radius 2 is 1.80 bits per heavy atom. The first kappa shape index (κ1) is 13.2. The number of aromatic nitrogens is 2. The summed E-state index contributed by atoms with van der Waals surface area (Å²) < 4.78 is 2.34. The predicted octanol–water partition coefficient (Wildman–Crippen LogP) is 4.69. The van der Waals surface area contributed by atoms with Crippen LogP contribution >= 0.6 is 0 Å². The number of imidazole rings is 1. The number of nitrogens with one attached hydrogen (secondary N) is 1. The first-order chi connectivity index (χ1) is 9.72. The van der Waals surface area contributed by atoms with Gasteiger partial charge in [0, 0.05) is 17.9 Å². The van der Waals surface area contributed by atoms with E-state index in [9.17, 15) is 0 Å². The third-order valence-corrected chi connectivity index (χ3v) is 4.26. The van der Waals surface area contributed by atoms with Crippen molar-refractivity contribution in [3.8, 4) is 0 Å². The Bertz CT molecular complexity index is 551. The van der Waals surface area contributed by atoms with E-state index in [2.05, 4.69) is 47.0 Å². The normalized spacial score (nSPS) is 22.7. The lowest BCUT2D eigenvalue weighted by Crippen LogP contribution is -2.17. The number of hydrogen-bond acceptors (Lipinski definition) is 2. The molecule has 1 fully saturated rings. The summed E-state index contributed by atoms with van der Waals surface area (Å²) in [6.45, 7) is 4.43. The van der Waals surface area contributed by atoms with Gasteiger partial charge in [-0.05, 0) is 50.7 Å². The molecule has 1 aromatic heterocycles. The molecule has 1 aliphatic carbocycles. The topological polar surface area (TPSA) is 29.9 Å². The Balaban J connectivity index is 1.81. The monoisotopic (exact) mass is 269 g/mol. The van der Waals surface area contributed by atoms with Crippen LogP contribution in [0.25, 0.3) is 0 Å². The summed E-state index contributed by atoms with van der Waals surface area (Å²) in [5, 5.41) is 3.45. The van der Waals surface area contributed by atoms with Crippen molar-refractivity contribution in [2.24, 2.45) is 5.92 Å². The van der Waals surface area contributed by atoms with Gasteiger partial charge in [-0.1, -0.05) is 25.1 Å². The van der Waals surface area contributed by atoms with E-state index < -0.39 is 0 Å². The van der Waals surface area contributed by atoms with Crippen molar-refractivity contribution in [2.45, 2.75) is 45.6 Å². The first-order valence-electron chi connectivity index (χ1n) is 7.60. The lowest BCUT2D eigenvalue weighted by atomic mass is 9.87. The lowest BCUT2D eigenvalue weighted by Gasteiger charge is -2.28. The number of para-hydroxylation sites is 1. The highest BCUT2D eigenvalue weighted by atomic mass is 15.2. The van der Waals surface area contributed by atoms with Crippen LogP contribution in [0.15, 0.2) is 36.5 Å². The van der Waals surface area contributed by atoms with E-state index in [4.69, 9.17) is 0 Å². The second kappa shape index (κ2) is 5.70. The average Bonchev–Trinajstić information content (AvgIpc) is 2.81. The highest BCUT2D eigenvalue weighted by Crippen LogP contribution is 2.34. The average molecular weight is 269 g/mol. The van der Waals surface area contributed by atoms with E-state index in [1.165, 1.54) is 25.7 Å². The van der Waals surface area contributed by atoms with Crippen LogP contribution in [0.5, 0.6) is 0 Å². The van der Waals surface area contributed by atoms with Gasteiger partial charge in [0.25, 0.3) is 0 Å². The molecule has 0 bridgehead atoms. The molecule has 0 saturated heterocycles. The zero-order chi connectivity index (χ0) is 13.9. The fourth-order valence-corrected chi connectivity index (χ4v) is 3.06. The van der Waals surface area contributed by atoms with Gasteiger partial charge >= 0.3 is 0 Å². The molecule has 0 radical (unpaired) electrons. The van der Waals surface area contributed by atoms with Gasteiger partial charge in [0.15, 0.2) is 0 Å². The van der Waals surface area contributed by atoms with E-state index >= 15 is 0 Å². The Hall–Kier alpha value is -1.77. The first-order valence-corrected chi connectivity index (χ1v) is 7.60. The van der Waals surface area contributed by atoms with Crippen molar-refractivity contribution >= 4 is 11.6 Å². The molecular weight excluding hydrogens is 246 g/mol. The smallest absolute Gasteiger partial charge is 0.207 e. The summed E-state index contributed by atoms with van der Waals surface area (Å²) in [5.41, 5.74) is 2.19. The molecule has 0 unspecified atom stereocenters. The minimum absolute atomic E-state index is 0.596. The minimum atomic E-state index is 0.596. The molecule has 3 heteroatoms. The van der Waals surface area contributed by atoms with Crippen molar-refractivity contribution in [1.82, 2.24) is 9.55 Å². The molecule has 0 atom stereocenters. The highest BCUT2D eigenvalue weighted by Gasteiger charge is 2.22. The molecule has 20 heavy (non-hydrogen) atoms. The van der Waals surface area contributed by atoms with Gasteiger partial charge < -0.3 is 9.88 Å². The van der Waals surface area contributed by atoms with Crippen LogP contribution in [-0.4, -0.2) is 9.55 Å². The molecule has 106 valence electrons. The third kappa shape index (κ3) is 2.87. The highest BCUT2D eigenvalue weighted by molar-refractivity contribution is 5.53. The van der Waals surface area contributed by atoms with Crippen molar-refractivity contribution < 1.29 is 0 Å². The van der Waals surface area contributed by atoms with E-state index in [0.717, 1.165) is 23.2 Å². The fourth-order valence-electron chi connectivity index (χ4n) is 3.06. The van der Waals surface area contributed by atoms with Crippen LogP contribution < -0.4 is 5.32 Å². The van der Waals surface area contributed by atoms with Gasteiger partial charge in [-0.3, -0.25) is 0 Å². The molecule has 3 nitrogen and oxygen atoms in total. The summed E-state index contributed by atoms with van der Waals surface area (Å²) >= 11 is 0. The molecule has 1 heterocycles. The fraction of sp³-hybridized carbons (Fsp3) is 0.471. The third-order valence-electron chi connectivity index (χ3n) is 4.26. The second-order valence-corrected chi connectivity index (χ2v) is 6.02. The maximum atomic E-state index is 4.65. The maximum absolute atomic E-state index is 4.65. The molecule has 3 rings (SSSR count). The van der Waals surface area contributed by atoms with Crippen LogP contribution in [0.3, 0.4) is 0 Å². The summed E-state index contributed by atoms with van der Waals surface area (Å²) in [6.07, 6.45) is 7.37. The molecule has 2 aromatic rings. The van der Waals surface area contributed by atoms with Crippen LogP contribution in [0, 0.1) is 12.8 Å².